The van der Waals surface area contributed by atoms with Crippen LogP contribution in [0, 0.1) is 29.6 Å². The van der Waals surface area contributed by atoms with Gasteiger partial charge in [0.2, 0.25) is 5.91 Å². The predicted octanol–water partition coefficient (Wildman–Crippen LogP) is 3.87. The molecule has 3 rings (SSSR count). The van der Waals surface area contributed by atoms with Crippen LogP contribution in [-0.2, 0) is 4.79 Å². The number of carbonyl (C=O) groups excluding carboxylic acids is 1. The van der Waals surface area contributed by atoms with Crippen LogP contribution in [0.1, 0.15) is 52.9 Å². The molecule has 112 valence electrons. The van der Waals surface area contributed by atoms with Crippen LogP contribution in [0.4, 0.5) is 0 Å². The van der Waals surface area contributed by atoms with Crippen molar-refractivity contribution < 1.29 is 4.79 Å². The Morgan fingerprint density at radius 3 is 2.70 bits per heavy atom. The minimum Gasteiger partial charge on any atom is -0.342 e. The molecule has 1 amide bonds. The maximum Gasteiger partial charge on any atom is 0.225 e. The molecular weight excluding hydrogens is 246 g/mol. The first kappa shape index (κ1) is 14.2. The van der Waals surface area contributed by atoms with Crippen molar-refractivity contribution in [2.75, 3.05) is 13.1 Å². The van der Waals surface area contributed by atoms with E-state index in [0.29, 0.717) is 11.8 Å². The minimum absolute atomic E-state index is 0.381. The lowest BCUT2D eigenvalue weighted by Gasteiger charge is -2.29. The smallest absolute Gasteiger partial charge is 0.225 e. The van der Waals surface area contributed by atoms with Crippen LogP contribution in [0.25, 0.3) is 0 Å². The normalized spacial score (nSPS) is 36.5. The molecule has 4 atom stereocenters. The number of allylic oxidation sites excluding steroid dienone is 2. The molecule has 0 spiro atoms. The third-order valence-electron chi connectivity index (χ3n) is 5.72. The Balaban J connectivity index is 1.52. The lowest BCUT2D eigenvalue weighted by atomic mass is 9.78. The van der Waals surface area contributed by atoms with Gasteiger partial charge in [-0.2, -0.15) is 0 Å². The molecule has 2 fully saturated rings. The first-order valence-corrected chi connectivity index (χ1v) is 8.54. The third kappa shape index (κ3) is 2.94. The molecule has 20 heavy (non-hydrogen) atoms. The molecule has 0 aromatic carbocycles. The molecule has 2 heteroatoms. The molecule has 3 aliphatic rings. The fraction of sp³-hybridized carbons (Fsp3) is 0.833. The fourth-order valence-corrected chi connectivity index (χ4v) is 4.16. The molecular formula is C18H29NO. The van der Waals surface area contributed by atoms with Crippen LogP contribution < -0.4 is 0 Å². The zero-order valence-corrected chi connectivity index (χ0v) is 13.3. The highest BCUT2D eigenvalue weighted by Crippen LogP contribution is 2.51. The van der Waals surface area contributed by atoms with Crippen LogP contribution >= 0.6 is 0 Å². The van der Waals surface area contributed by atoms with E-state index in [0.717, 1.165) is 49.6 Å². The van der Waals surface area contributed by atoms with Crippen molar-refractivity contribution in [2.45, 2.75) is 52.9 Å². The first-order valence-electron chi connectivity index (χ1n) is 8.54. The number of hydrogen-bond acceptors (Lipinski definition) is 1. The molecule has 0 aliphatic heterocycles. The van der Waals surface area contributed by atoms with Crippen molar-refractivity contribution in [3.05, 3.63) is 11.6 Å². The molecule has 4 unspecified atom stereocenters. The van der Waals surface area contributed by atoms with E-state index in [2.05, 4.69) is 31.7 Å². The van der Waals surface area contributed by atoms with Gasteiger partial charge in [-0.05, 0) is 69.6 Å². The second-order valence-corrected chi connectivity index (χ2v) is 7.44. The van der Waals surface area contributed by atoms with E-state index in [1.54, 1.807) is 5.57 Å². The van der Waals surface area contributed by atoms with Crippen molar-refractivity contribution in [2.24, 2.45) is 29.6 Å². The Morgan fingerprint density at radius 1 is 1.35 bits per heavy atom. The minimum atomic E-state index is 0.381. The Kier molecular flexibility index (Phi) is 3.92. The fourth-order valence-electron chi connectivity index (χ4n) is 4.16. The third-order valence-corrected chi connectivity index (χ3v) is 5.72. The quantitative estimate of drug-likeness (QED) is 0.697. The van der Waals surface area contributed by atoms with Gasteiger partial charge in [-0.3, -0.25) is 4.79 Å². The van der Waals surface area contributed by atoms with Gasteiger partial charge in [-0.1, -0.05) is 18.6 Å². The van der Waals surface area contributed by atoms with Crippen LogP contribution in [0.5, 0.6) is 0 Å². The SMILES string of the molecule is CCN(CC1CC1C1CC=C(C)CC1C)C(=O)C1CC1. The van der Waals surface area contributed by atoms with E-state index in [-0.39, 0.29) is 0 Å². The largest absolute Gasteiger partial charge is 0.342 e. The summed E-state index contributed by atoms with van der Waals surface area (Å²) in [5.41, 5.74) is 1.57. The van der Waals surface area contributed by atoms with Crippen molar-refractivity contribution in [1.82, 2.24) is 4.90 Å². The summed E-state index contributed by atoms with van der Waals surface area (Å²) in [6.07, 6.45) is 8.63. The highest BCUT2D eigenvalue weighted by molar-refractivity contribution is 5.81. The molecule has 2 saturated carbocycles. The number of nitrogens with zero attached hydrogens (tertiary/aromatic N) is 1. The Morgan fingerprint density at radius 2 is 2.10 bits per heavy atom. The van der Waals surface area contributed by atoms with E-state index in [4.69, 9.17) is 0 Å². The second kappa shape index (κ2) is 5.54. The lowest BCUT2D eigenvalue weighted by molar-refractivity contribution is -0.132. The van der Waals surface area contributed by atoms with Crippen LogP contribution in [-0.4, -0.2) is 23.9 Å². The molecule has 0 saturated heterocycles. The van der Waals surface area contributed by atoms with Gasteiger partial charge in [0, 0.05) is 19.0 Å². The summed E-state index contributed by atoms with van der Waals surface area (Å²) in [7, 11) is 0. The van der Waals surface area contributed by atoms with E-state index >= 15 is 0 Å². The topological polar surface area (TPSA) is 20.3 Å². The van der Waals surface area contributed by atoms with Crippen molar-refractivity contribution in [3.63, 3.8) is 0 Å². The van der Waals surface area contributed by atoms with Gasteiger partial charge in [0.05, 0.1) is 0 Å². The molecule has 0 aromatic heterocycles. The van der Waals surface area contributed by atoms with Crippen LogP contribution in [0.15, 0.2) is 11.6 Å². The number of hydrogen-bond donors (Lipinski definition) is 0. The van der Waals surface area contributed by atoms with E-state index in [1.165, 1.54) is 19.3 Å². The summed E-state index contributed by atoms with van der Waals surface area (Å²) in [5, 5.41) is 0. The van der Waals surface area contributed by atoms with Crippen LogP contribution in [0.2, 0.25) is 0 Å². The Bertz CT molecular complexity index is 410. The number of amides is 1. The molecule has 0 radical (unpaired) electrons. The van der Waals surface area contributed by atoms with E-state index in [1.807, 2.05) is 0 Å². The zero-order chi connectivity index (χ0) is 14.3. The maximum atomic E-state index is 12.2. The van der Waals surface area contributed by atoms with Crippen molar-refractivity contribution >= 4 is 5.91 Å². The predicted molar refractivity (Wildman–Crippen MR) is 82.2 cm³/mol. The van der Waals surface area contributed by atoms with Gasteiger partial charge in [0.1, 0.15) is 0 Å². The molecule has 0 bridgehead atoms. The van der Waals surface area contributed by atoms with Gasteiger partial charge in [0.15, 0.2) is 0 Å². The molecule has 0 heterocycles. The van der Waals surface area contributed by atoms with Crippen molar-refractivity contribution in [1.29, 1.82) is 0 Å². The van der Waals surface area contributed by atoms with Gasteiger partial charge >= 0.3 is 0 Å². The standard InChI is InChI=1S/C18H29NO/c1-4-19(18(20)14-6-7-14)11-15-10-17(15)16-8-5-12(2)9-13(16)3/h5,13-17H,4,6-11H2,1-3H3. The van der Waals surface area contributed by atoms with Crippen LogP contribution in [0.3, 0.4) is 0 Å². The second-order valence-electron chi connectivity index (χ2n) is 7.44. The summed E-state index contributed by atoms with van der Waals surface area (Å²) >= 11 is 0. The first-order chi connectivity index (χ1) is 9.60. The molecule has 0 aromatic rings. The Labute approximate surface area is 123 Å². The summed E-state index contributed by atoms with van der Waals surface area (Å²) < 4.78 is 0. The molecule has 2 nitrogen and oxygen atoms in total. The van der Waals surface area contributed by atoms with Crippen molar-refractivity contribution in [3.8, 4) is 0 Å². The maximum absolute atomic E-state index is 12.2. The lowest BCUT2D eigenvalue weighted by Crippen LogP contribution is -2.34. The van der Waals surface area contributed by atoms with Gasteiger partial charge in [0.25, 0.3) is 0 Å². The zero-order valence-electron chi connectivity index (χ0n) is 13.3. The average molecular weight is 275 g/mol. The summed E-state index contributed by atoms with van der Waals surface area (Å²) in [6, 6.07) is 0. The average Bonchev–Trinajstić information content (AvgIpc) is 3.29. The monoisotopic (exact) mass is 275 g/mol. The molecule has 0 N–H and O–H groups in total. The highest BCUT2D eigenvalue weighted by Gasteiger charge is 2.46. The van der Waals surface area contributed by atoms with Gasteiger partial charge in [-0.25, -0.2) is 0 Å². The van der Waals surface area contributed by atoms with E-state index in [9.17, 15) is 4.79 Å². The van der Waals surface area contributed by atoms with Gasteiger partial charge < -0.3 is 4.90 Å². The number of rotatable bonds is 5. The van der Waals surface area contributed by atoms with E-state index < -0.39 is 0 Å². The highest BCUT2D eigenvalue weighted by atomic mass is 16.2. The number of carbonyl (C=O) groups is 1. The molecule has 3 aliphatic carbocycles. The Hall–Kier alpha value is -0.790. The summed E-state index contributed by atoms with van der Waals surface area (Å²) in [4.78, 5) is 14.3. The summed E-state index contributed by atoms with van der Waals surface area (Å²) in [5.74, 6) is 4.20. The van der Waals surface area contributed by atoms with Gasteiger partial charge in [-0.15, -0.1) is 0 Å². The summed E-state index contributed by atoms with van der Waals surface area (Å²) in [6.45, 7) is 8.75.